The van der Waals surface area contributed by atoms with Crippen LogP contribution < -0.4 is 16.0 Å². The van der Waals surface area contributed by atoms with Gasteiger partial charge in [0.1, 0.15) is 0 Å². The van der Waals surface area contributed by atoms with Gasteiger partial charge in [0.25, 0.3) is 5.91 Å². The highest BCUT2D eigenvalue weighted by atomic mass is 35.5. The maximum atomic E-state index is 12.2. The number of guanidine groups is 1. The van der Waals surface area contributed by atoms with Crippen LogP contribution in [0.1, 0.15) is 28.8 Å². The van der Waals surface area contributed by atoms with Gasteiger partial charge in [-0.25, -0.2) is 0 Å². The van der Waals surface area contributed by atoms with E-state index in [0.29, 0.717) is 29.7 Å². The first-order chi connectivity index (χ1) is 14.7. The van der Waals surface area contributed by atoms with E-state index < -0.39 is 0 Å². The monoisotopic (exact) mass is 427 g/mol. The van der Waals surface area contributed by atoms with Crippen LogP contribution in [0.3, 0.4) is 0 Å². The molecule has 1 aliphatic heterocycles. The summed E-state index contributed by atoms with van der Waals surface area (Å²) in [5.41, 5.74) is 1.85. The number of aliphatic imine (C=N–C) groups is 1. The third-order valence-electron chi connectivity index (χ3n) is 5.22. The number of nitrogens with one attached hydrogen (secondary N) is 3. The van der Waals surface area contributed by atoms with Crippen LogP contribution in [0, 0.1) is 0 Å². The van der Waals surface area contributed by atoms with Crippen LogP contribution in [0.15, 0.2) is 59.6 Å². The van der Waals surface area contributed by atoms with Crippen molar-refractivity contribution in [1.82, 2.24) is 20.9 Å². The molecule has 0 aliphatic carbocycles. The minimum Gasteiger partial charge on any atom is -0.355 e. The number of amides is 1. The van der Waals surface area contributed by atoms with Gasteiger partial charge in [0.15, 0.2) is 5.96 Å². The lowest BCUT2D eigenvalue weighted by molar-refractivity contribution is 0.0954. The highest BCUT2D eigenvalue weighted by Crippen LogP contribution is 2.15. The Morgan fingerprint density at radius 2 is 1.70 bits per heavy atom. The van der Waals surface area contributed by atoms with Crippen molar-refractivity contribution < 1.29 is 4.79 Å². The normalized spacial score (nSPS) is 15.6. The number of halogens is 1. The molecule has 0 atom stereocenters. The quantitative estimate of drug-likeness (QED) is 0.361. The first kappa shape index (κ1) is 22.1. The zero-order valence-electron chi connectivity index (χ0n) is 17.4. The van der Waals surface area contributed by atoms with Gasteiger partial charge in [-0.2, -0.15) is 0 Å². The van der Waals surface area contributed by atoms with E-state index in [2.05, 4.69) is 56.2 Å². The maximum absolute atomic E-state index is 12.2. The highest BCUT2D eigenvalue weighted by molar-refractivity contribution is 6.33. The van der Waals surface area contributed by atoms with Gasteiger partial charge < -0.3 is 16.0 Å². The summed E-state index contributed by atoms with van der Waals surface area (Å²) in [6.07, 6.45) is 2.16. The van der Waals surface area contributed by atoms with Crippen LogP contribution in [0.4, 0.5) is 0 Å². The van der Waals surface area contributed by atoms with Crippen molar-refractivity contribution in [3.8, 4) is 0 Å². The summed E-state index contributed by atoms with van der Waals surface area (Å²) in [6, 6.07) is 18.1. The minimum atomic E-state index is -0.170. The topological polar surface area (TPSA) is 68.8 Å². The van der Waals surface area contributed by atoms with E-state index in [1.54, 1.807) is 25.2 Å². The van der Waals surface area contributed by atoms with Gasteiger partial charge in [0, 0.05) is 45.8 Å². The number of nitrogens with zero attached hydrogens (tertiary/aromatic N) is 2. The fourth-order valence-electron chi connectivity index (χ4n) is 3.56. The van der Waals surface area contributed by atoms with Crippen LogP contribution in [0.25, 0.3) is 0 Å². The predicted molar refractivity (Wildman–Crippen MR) is 123 cm³/mol. The number of piperidine rings is 1. The summed E-state index contributed by atoms with van der Waals surface area (Å²) < 4.78 is 0. The summed E-state index contributed by atoms with van der Waals surface area (Å²) in [4.78, 5) is 19.0. The molecule has 30 heavy (non-hydrogen) atoms. The molecule has 0 aromatic heterocycles. The molecule has 3 N–H and O–H groups in total. The van der Waals surface area contributed by atoms with E-state index in [-0.39, 0.29) is 5.91 Å². The van der Waals surface area contributed by atoms with Gasteiger partial charge in [-0.3, -0.25) is 14.7 Å². The Bertz CT molecular complexity index is 834. The fraction of sp³-hybridized carbons (Fsp3) is 0.391. The molecule has 0 spiro atoms. The largest absolute Gasteiger partial charge is 0.355 e. The second-order valence-corrected chi connectivity index (χ2v) is 7.82. The highest BCUT2D eigenvalue weighted by Gasteiger charge is 2.20. The first-order valence-electron chi connectivity index (χ1n) is 10.4. The molecule has 2 aromatic carbocycles. The Balaban J connectivity index is 1.34. The van der Waals surface area contributed by atoms with Crippen molar-refractivity contribution in [2.24, 2.45) is 4.99 Å². The molecule has 1 amide bonds. The molecule has 160 valence electrons. The summed E-state index contributed by atoms with van der Waals surface area (Å²) >= 11 is 6.06. The average molecular weight is 428 g/mol. The summed E-state index contributed by atoms with van der Waals surface area (Å²) in [5, 5.41) is 10.1. The Morgan fingerprint density at radius 1 is 1.03 bits per heavy atom. The SMILES string of the molecule is CN=C(NCCNC(=O)c1ccccc1Cl)NC1CCN(Cc2ccccc2)CC1. The van der Waals surface area contributed by atoms with Crippen LogP contribution in [-0.2, 0) is 6.54 Å². The smallest absolute Gasteiger partial charge is 0.252 e. The van der Waals surface area contributed by atoms with Gasteiger partial charge >= 0.3 is 0 Å². The number of hydrogen-bond acceptors (Lipinski definition) is 3. The van der Waals surface area contributed by atoms with Crippen molar-refractivity contribution in [2.45, 2.75) is 25.4 Å². The number of benzene rings is 2. The van der Waals surface area contributed by atoms with Gasteiger partial charge in [0.2, 0.25) is 0 Å². The maximum Gasteiger partial charge on any atom is 0.252 e. The lowest BCUT2D eigenvalue weighted by Gasteiger charge is -2.33. The molecule has 6 nitrogen and oxygen atoms in total. The molecule has 1 saturated heterocycles. The molecule has 1 aliphatic rings. The first-order valence-corrected chi connectivity index (χ1v) is 10.8. The second kappa shape index (κ2) is 11.6. The zero-order valence-corrected chi connectivity index (χ0v) is 18.2. The van der Waals surface area contributed by atoms with E-state index in [0.717, 1.165) is 38.4 Å². The molecule has 1 heterocycles. The number of rotatable bonds is 7. The lowest BCUT2D eigenvalue weighted by atomic mass is 10.0. The molecule has 3 rings (SSSR count). The standard InChI is InChI=1S/C23H30ClN5O/c1-25-23(27-14-13-26-22(30)20-9-5-6-10-21(20)24)28-19-11-15-29(16-12-19)17-18-7-3-2-4-8-18/h2-10,19H,11-17H2,1H3,(H,26,30)(H2,25,27,28). The molecule has 0 radical (unpaired) electrons. The van der Waals surface area contributed by atoms with E-state index in [4.69, 9.17) is 11.6 Å². The second-order valence-electron chi connectivity index (χ2n) is 7.42. The molecular weight excluding hydrogens is 398 g/mol. The van der Waals surface area contributed by atoms with E-state index in [9.17, 15) is 4.79 Å². The average Bonchev–Trinajstić information content (AvgIpc) is 2.78. The Kier molecular flexibility index (Phi) is 8.53. The fourth-order valence-corrected chi connectivity index (χ4v) is 3.78. The van der Waals surface area contributed by atoms with E-state index in [1.165, 1.54) is 5.56 Å². The number of likely N-dealkylation sites (tertiary alicyclic amines) is 1. The zero-order chi connectivity index (χ0) is 21.2. The van der Waals surface area contributed by atoms with Crippen molar-refractivity contribution >= 4 is 23.5 Å². The Hall–Kier alpha value is -2.57. The lowest BCUT2D eigenvalue weighted by Crippen LogP contribution is -2.49. The Morgan fingerprint density at radius 3 is 2.40 bits per heavy atom. The van der Waals surface area contributed by atoms with Crippen molar-refractivity contribution in [1.29, 1.82) is 0 Å². The minimum absolute atomic E-state index is 0.170. The van der Waals surface area contributed by atoms with Crippen LogP contribution in [0.2, 0.25) is 5.02 Å². The number of carbonyl (C=O) groups is 1. The van der Waals surface area contributed by atoms with Crippen molar-refractivity contribution in [3.05, 3.63) is 70.7 Å². The molecule has 0 bridgehead atoms. The van der Waals surface area contributed by atoms with E-state index in [1.807, 2.05) is 6.07 Å². The van der Waals surface area contributed by atoms with Crippen molar-refractivity contribution in [2.75, 3.05) is 33.2 Å². The summed E-state index contributed by atoms with van der Waals surface area (Å²) in [5.74, 6) is 0.597. The van der Waals surface area contributed by atoms with Crippen LogP contribution in [0.5, 0.6) is 0 Å². The number of hydrogen-bond donors (Lipinski definition) is 3. The third-order valence-corrected chi connectivity index (χ3v) is 5.55. The molecule has 0 saturated carbocycles. The van der Waals surface area contributed by atoms with Gasteiger partial charge in [-0.15, -0.1) is 0 Å². The van der Waals surface area contributed by atoms with Crippen LogP contribution in [-0.4, -0.2) is 56.0 Å². The third kappa shape index (κ3) is 6.75. The van der Waals surface area contributed by atoms with Gasteiger partial charge in [-0.1, -0.05) is 54.1 Å². The summed E-state index contributed by atoms with van der Waals surface area (Å²) in [7, 11) is 1.77. The molecule has 1 fully saturated rings. The number of carbonyl (C=O) groups excluding carboxylic acids is 1. The molecule has 0 unspecified atom stereocenters. The van der Waals surface area contributed by atoms with E-state index >= 15 is 0 Å². The molecular formula is C23H30ClN5O. The Labute approximate surface area is 183 Å². The van der Waals surface area contributed by atoms with Crippen molar-refractivity contribution in [3.63, 3.8) is 0 Å². The molecule has 2 aromatic rings. The summed E-state index contributed by atoms with van der Waals surface area (Å²) in [6.45, 7) is 4.21. The van der Waals surface area contributed by atoms with Crippen LogP contribution >= 0.6 is 11.6 Å². The molecule has 7 heteroatoms. The predicted octanol–water partition coefficient (Wildman–Crippen LogP) is 2.90. The van der Waals surface area contributed by atoms with Gasteiger partial charge in [-0.05, 0) is 30.5 Å². The van der Waals surface area contributed by atoms with Gasteiger partial charge in [0.05, 0.1) is 10.6 Å².